The van der Waals surface area contributed by atoms with Gasteiger partial charge in [0, 0.05) is 17.4 Å². The van der Waals surface area contributed by atoms with E-state index in [-0.39, 0.29) is 5.91 Å². The van der Waals surface area contributed by atoms with E-state index < -0.39 is 0 Å². The maximum absolute atomic E-state index is 11.7. The molecule has 0 saturated carbocycles. The highest BCUT2D eigenvalue weighted by molar-refractivity contribution is 9.10. The van der Waals surface area contributed by atoms with Gasteiger partial charge >= 0.3 is 0 Å². The van der Waals surface area contributed by atoms with Crippen molar-refractivity contribution >= 4 is 21.8 Å². The molecule has 1 unspecified atom stereocenters. The first-order chi connectivity index (χ1) is 8.74. The van der Waals surface area contributed by atoms with Gasteiger partial charge < -0.3 is 10.6 Å². The topological polar surface area (TPSA) is 41.1 Å². The van der Waals surface area contributed by atoms with E-state index in [1.165, 1.54) is 12.0 Å². The zero-order valence-corrected chi connectivity index (χ0v) is 12.0. The highest BCUT2D eigenvalue weighted by Gasteiger charge is 2.14. The fourth-order valence-corrected chi connectivity index (χ4v) is 2.41. The Morgan fingerprint density at radius 3 is 2.83 bits per heavy atom. The first-order valence-corrected chi connectivity index (χ1v) is 7.25. The van der Waals surface area contributed by atoms with E-state index in [2.05, 4.69) is 38.7 Å². The minimum atomic E-state index is 0.157. The maximum Gasteiger partial charge on any atom is 0.220 e. The summed E-state index contributed by atoms with van der Waals surface area (Å²) in [6.45, 7) is 2.93. The number of nitrogens with one attached hydrogen (secondary N) is 2. The number of carbonyl (C=O) groups is 1. The van der Waals surface area contributed by atoms with Crippen LogP contribution in [0.3, 0.4) is 0 Å². The third-order valence-corrected chi connectivity index (χ3v) is 3.83. The molecule has 1 amide bonds. The summed E-state index contributed by atoms with van der Waals surface area (Å²) in [5, 5.41) is 6.32. The molecule has 1 aliphatic rings. The van der Waals surface area contributed by atoms with Crippen molar-refractivity contribution in [2.75, 3.05) is 19.6 Å². The van der Waals surface area contributed by atoms with E-state index in [0.29, 0.717) is 12.3 Å². The van der Waals surface area contributed by atoms with E-state index in [1.807, 2.05) is 12.1 Å². The van der Waals surface area contributed by atoms with Crippen LogP contribution in [0, 0.1) is 5.92 Å². The van der Waals surface area contributed by atoms with Gasteiger partial charge in [-0.2, -0.15) is 0 Å². The molecule has 1 heterocycles. The Bertz CT molecular complexity index is 385. The van der Waals surface area contributed by atoms with Crippen molar-refractivity contribution in [1.29, 1.82) is 0 Å². The Morgan fingerprint density at radius 2 is 2.17 bits per heavy atom. The predicted molar refractivity (Wildman–Crippen MR) is 76.4 cm³/mol. The summed E-state index contributed by atoms with van der Waals surface area (Å²) in [5.41, 5.74) is 1.20. The van der Waals surface area contributed by atoms with Crippen molar-refractivity contribution in [3.63, 3.8) is 0 Å². The van der Waals surface area contributed by atoms with Crippen molar-refractivity contribution in [2.24, 2.45) is 5.92 Å². The molecule has 4 heteroatoms. The molecule has 1 aromatic carbocycles. The number of benzene rings is 1. The van der Waals surface area contributed by atoms with E-state index in [4.69, 9.17) is 0 Å². The Labute approximate surface area is 116 Å². The normalized spacial score (nSPS) is 18.8. The summed E-state index contributed by atoms with van der Waals surface area (Å²) in [7, 11) is 0. The zero-order chi connectivity index (χ0) is 12.8. The van der Waals surface area contributed by atoms with E-state index in [9.17, 15) is 4.79 Å². The van der Waals surface area contributed by atoms with Crippen LogP contribution in [0.15, 0.2) is 28.7 Å². The number of aryl methyl sites for hydroxylation is 1. The highest BCUT2D eigenvalue weighted by atomic mass is 79.9. The monoisotopic (exact) mass is 310 g/mol. The molecule has 0 bridgehead atoms. The van der Waals surface area contributed by atoms with Crippen LogP contribution in [0.5, 0.6) is 0 Å². The molecule has 1 aromatic rings. The van der Waals surface area contributed by atoms with Crippen molar-refractivity contribution in [1.82, 2.24) is 10.6 Å². The van der Waals surface area contributed by atoms with Gasteiger partial charge in [0.15, 0.2) is 0 Å². The number of hydrogen-bond acceptors (Lipinski definition) is 2. The minimum absolute atomic E-state index is 0.157. The van der Waals surface area contributed by atoms with Gasteiger partial charge in [-0.1, -0.05) is 28.1 Å². The van der Waals surface area contributed by atoms with Crippen molar-refractivity contribution < 1.29 is 4.79 Å². The Hall–Kier alpha value is -0.870. The van der Waals surface area contributed by atoms with Crippen LogP contribution in [0.25, 0.3) is 0 Å². The zero-order valence-electron chi connectivity index (χ0n) is 10.4. The standard InChI is InChI=1S/C14H19BrN2O/c15-13-4-1-11(2-5-13)3-6-14(18)17-10-12-7-8-16-9-12/h1-2,4-5,12,16H,3,6-10H2,(H,17,18). The second-order valence-corrected chi connectivity index (χ2v) is 5.71. The summed E-state index contributed by atoms with van der Waals surface area (Å²) in [5.74, 6) is 0.770. The van der Waals surface area contributed by atoms with Crippen molar-refractivity contribution in [3.05, 3.63) is 34.3 Å². The number of rotatable bonds is 5. The third-order valence-electron chi connectivity index (χ3n) is 3.30. The average molecular weight is 311 g/mol. The SMILES string of the molecule is O=C(CCc1ccc(Br)cc1)NCC1CCNC1. The van der Waals surface area contributed by atoms with Gasteiger partial charge in [-0.05, 0) is 49.5 Å². The van der Waals surface area contributed by atoms with Crippen LogP contribution in [0.1, 0.15) is 18.4 Å². The summed E-state index contributed by atoms with van der Waals surface area (Å²) in [6.07, 6.45) is 2.55. The fourth-order valence-electron chi connectivity index (χ4n) is 2.14. The van der Waals surface area contributed by atoms with E-state index >= 15 is 0 Å². The second kappa shape index (κ2) is 6.90. The lowest BCUT2D eigenvalue weighted by molar-refractivity contribution is -0.121. The molecule has 2 N–H and O–H groups in total. The molecule has 1 aliphatic heterocycles. The van der Waals surface area contributed by atoms with Gasteiger partial charge in [0.05, 0.1) is 0 Å². The molecule has 0 spiro atoms. The largest absolute Gasteiger partial charge is 0.356 e. The van der Waals surface area contributed by atoms with Gasteiger partial charge in [-0.25, -0.2) is 0 Å². The van der Waals surface area contributed by atoms with Crippen LogP contribution in [0.2, 0.25) is 0 Å². The molecular weight excluding hydrogens is 292 g/mol. The van der Waals surface area contributed by atoms with Crippen LogP contribution in [-0.2, 0) is 11.2 Å². The van der Waals surface area contributed by atoms with Gasteiger partial charge in [0.1, 0.15) is 0 Å². The molecule has 2 rings (SSSR count). The number of halogens is 1. The van der Waals surface area contributed by atoms with Gasteiger partial charge in [-0.15, -0.1) is 0 Å². The van der Waals surface area contributed by atoms with Gasteiger partial charge in [0.25, 0.3) is 0 Å². The second-order valence-electron chi connectivity index (χ2n) is 4.79. The third kappa shape index (κ3) is 4.42. The fraction of sp³-hybridized carbons (Fsp3) is 0.500. The molecule has 0 aromatic heterocycles. The molecule has 1 saturated heterocycles. The average Bonchev–Trinajstić information content (AvgIpc) is 2.89. The lowest BCUT2D eigenvalue weighted by atomic mass is 10.1. The summed E-state index contributed by atoms with van der Waals surface area (Å²) < 4.78 is 1.07. The van der Waals surface area contributed by atoms with Crippen LogP contribution in [-0.4, -0.2) is 25.5 Å². The molecular formula is C14H19BrN2O. The van der Waals surface area contributed by atoms with Crippen LogP contribution >= 0.6 is 15.9 Å². The Kier molecular flexibility index (Phi) is 5.20. The summed E-state index contributed by atoms with van der Waals surface area (Å²) >= 11 is 3.40. The predicted octanol–water partition coefficient (Wildman–Crippen LogP) is 2.11. The first kappa shape index (κ1) is 13.6. The quantitative estimate of drug-likeness (QED) is 0.874. The number of hydrogen-bond donors (Lipinski definition) is 2. The lowest BCUT2D eigenvalue weighted by Crippen LogP contribution is -2.30. The van der Waals surface area contributed by atoms with Crippen molar-refractivity contribution in [2.45, 2.75) is 19.3 Å². The molecule has 0 aliphatic carbocycles. The van der Waals surface area contributed by atoms with Crippen LogP contribution < -0.4 is 10.6 Å². The first-order valence-electron chi connectivity index (χ1n) is 6.46. The molecule has 18 heavy (non-hydrogen) atoms. The Balaban J connectivity index is 1.66. The lowest BCUT2D eigenvalue weighted by Gasteiger charge is -2.10. The van der Waals surface area contributed by atoms with Gasteiger partial charge in [0.2, 0.25) is 5.91 Å². The smallest absolute Gasteiger partial charge is 0.220 e. The minimum Gasteiger partial charge on any atom is -0.356 e. The summed E-state index contributed by atoms with van der Waals surface area (Å²) in [6, 6.07) is 8.13. The van der Waals surface area contributed by atoms with E-state index in [1.54, 1.807) is 0 Å². The number of amides is 1. The van der Waals surface area contributed by atoms with Gasteiger partial charge in [-0.3, -0.25) is 4.79 Å². The Morgan fingerprint density at radius 1 is 1.39 bits per heavy atom. The highest BCUT2D eigenvalue weighted by Crippen LogP contribution is 2.12. The number of carbonyl (C=O) groups excluding carboxylic acids is 1. The molecule has 3 nitrogen and oxygen atoms in total. The molecule has 1 atom stereocenters. The molecule has 1 fully saturated rings. The molecule has 98 valence electrons. The summed E-state index contributed by atoms with van der Waals surface area (Å²) in [4.78, 5) is 11.7. The van der Waals surface area contributed by atoms with Crippen LogP contribution in [0.4, 0.5) is 0 Å². The van der Waals surface area contributed by atoms with Crippen molar-refractivity contribution in [3.8, 4) is 0 Å². The molecule has 0 radical (unpaired) electrons. The maximum atomic E-state index is 11.7. The van der Waals surface area contributed by atoms with E-state index in [0.717, 1.165) is 30.5 Å².